The predicted molar refractivity (Wildman–Crippen MR) is 58.5 cm³/mol. The minimum Gasteiger partial charge on any atom is -0.277 e. The Bertz CT molecular complexity index is 333. The Morgan fingerprint density at radius 2 is 1.71 bits per heavy atom. The summed E-state index contributed by atoms with van der Waals surface area (Å²) < 4.78 is 0. The fraction of sp³-hybridized carbons (Fsp3) is 0.545. The predicted octanol–water partition coefficient (Wildman–Crippen LogP) is -1.89. The van der Waals surface area contributed by atoms with E-state index < -0.39 is 23.3 Å². The third-order valence-corrected chi connectivity index (χ3v) is 2.70. The van der Waals surface area contributed by atoms with Gasteiger partial charge in [-0.25, -0.2) is 4.79 Å². The van der Waals surface area contributed by atoms with E-state index >= 15 is 0 Å². The summed E-state index contributed by atoms with van der Waals surface area (Å²) in [6.07, 6.45) is 5.01. The van der Waals surface area contributed by atoms with Crippen LogP contribution < -0.4 is 40.2 Å². The van der Waals surface area contributed by atoms with E-state index in [1.165, 1.54) is 0 Å². The van der Waals surface area contributed by atoms with Gasteiger partial charge in [-0.3, -0.25) is 20.2 Å². The monoisotopic (exact) mass is 247 g/mol. The summed E-state index contributed by atoms with van der Waals surface area (Å²) in [5.74, 6) is -0.998. The van der Waals surface area contributed by atoms with E-state index in [4.69, 9.17) is 0 Å². The average molecular weight is 247 g/mol. The van der Waals surface area contributed by atoms with Crippen LogP contribution >= 0.6 is 0 Å². The van der Waals surface area contributed by atoms with E-state index in [0.717, 1.165) is 0 Å². The molecular formula is C11H16N2NaO3+. The fourth-order valence-corrected chi connectivity index (χ4v) is 1.84. The molecule has 1 heterocycles. The number of carbonyl (C=O) groups is 3. The zero-order valence-corrected chi connectivity index (χ0v) is 12.5. The van der Waals surface area contributed by atoms with Crippen LogP contribution in [0.3, 0.4) is 0 Å². The Hall–Kier alpha value is -0.650. The Labute approximate surface area is 123 Å². The quantitative estimate of drug-likeness (QED) is 0.346. The molecule has 0 aromatic carbocycles. The molecule has 0 aromatic heterocycles. The van der Waals surface area contributed by atoms with Crippen molar-refractivity contribution in [2.75, 3.05) is 0 Å². The van der Waals surface area contributed by atoms with Crippen LogP contribution in [-0.2, 0) is 9.59 Å². The van der Waals surface area contributed by atoms with Crippen molar-refractivity contribution >= 4 is 17.8 Å². The summed E-state index contributed by atoms with van der Waals surface area (Å²) in [7, 11) is 0. The molecule has 0 radical (unpaired) electrons. The Balaban J connectivity index is 0.00000256. The normalized spacial score (nSPS) is 18.6. The molecule has 0 aliphatic carbocycles. The zero-order valence-electron chi connectivity index (χ0n) is 10.5. The number of hydrogen-bond donors (Lipinski definition) is 2. The molecule has 0 aromatic rings. The number of hydrogen-bond acceptors (Lipinski definition) is 3. The first-order valence-electron chi connectivity index (χ1n) is 5.35. The van der Waals surface area contributed by atoms with Crippen LogP contribution in [0, 0.1) is 5.41 Å². The van der Waals surface area contributed by atoms with E-state index in [1.807, 2.05) is 13.8 Å². The second kappa shape index (κ2) is 6.93. The molecule has 5 nitrogen and oxygen atoms in total. The summed E-state index contributed by atoms with van der Waals surface area (Å²) in [5, 5.41) is 4.30. The van der Waals surface area contributed by atoms with Gasteiger partial charge in [0.15, 0.2) is 0 Å². The van der Waals surface area contributed by atoms with Crippen LogP contribution in [0.25, 0.3) is 0 Å². The van der Waals surface area contributed by atoms with Crippen molar-refractivity contribution in [2.45, 2.75) is 33.1 Å². The second-order valence-corrected chi connectivity index (χ2v) is 3.84. The van der Waals surface area contributed by atoms with Gasteiger partial charge in [-0.1, -0.05) is 25.5 Å². The van der Waals surface area contributed by atoms with Gasteiger partial charge in [0.05, 0.1) is 0 Å². The number of urea groups is 1. The van der Waals surface area contributed by atoms with Crippen LogP contribution in [0.4, 0.5) is 4.79 Å². The molecule has 4 amide bonds. The van der Waals surface area contributed by atoms with E-state index in [-0.39, 0.29) is 29.6 Å². The molecule has 0 bridgehead atoms. The number of nitrogens with one attached hydrogen (secondary N) is 2. The van der Waals surface area contributed by atoms with Crippen molar-refractivity contribution in [1.29, 1.82) is 0 Å². The number of rotatable bonds is 4. The smallest absolute Gasteiger partial charge is 0.277 e. The van der Waals surface area contributed by atoms with Crippen LogP contribution in [0.15, 0.2) is 12.2 Å². The number of amides is 4. The number of allylic oxidation sites excluding steroid dienone is 2. The van der Waals surface area contributed by atoms with Gasteiger partial charge in [0.2, 0.25) is 11.8 Å². The summed E-state index contributed by atoms with van der Waals surface area (Å²) in [6.45, 7) is 3.72. The van der Waals surface area contributed by atoms with Crippen molar-refractivity contribution in [1.82, 2.24) is 10.6 Å². The number of barbiturate groups is 1. The van der Waals surface area contributed by atoms with E-state index in [1.54, 1.807) is 12.2 Å². The Morgan fingerprint density at radius 3 is 2.12 bits per heavy atom. The SMILES string of the molecule is C/C=C/CC1(CCC)C(=O)NC(=O)NC1=O.[Na+]. The average Bonchev–Trinajstić information content (AvgIpc) is 2.22. The van der Waals surface area contributed by atoms with Crippen molar-refractivity contribution in [3.63, 3.8) is 0 Å². The largest absolute Gasteiger partial charge is 1.00 e. The van der Waals surface area contributed by atoms with Crippen LogP contribution in [-0.4, -0.2) is 17.8 Å². The first kappa shape index (κ1) is 16.4. The molecule has 1 fully saturated rings. The molecule has 0 spiro atoms. The topological polar surface area (TPSA) is 75.3 Å². The van der Waals surface area contributed by atoms with Gasteiger partial charge in [-0.05, 0) is 19.8 Å². The standard InChI is InChI=1S/C11H16N2O3.Na/c1-3-5-7-11(6-4-2)8(14)12-10(16)13-9(11)15;/h3,5H,4,6-7H2,1-2H3,(H2,12,13,14,15,16);/q;+1/b5-3+;. The van der Waals surface area contributed by atoms with Gasteiger partial charge in [0.25, 0.3) is 0 Å². The van der Waals surface area contributed by atoms with Crippen LogP contribution in [0.2, 0.25) is 0 Å². The third kappa shape index (κ3) is 3.40. The van der Waals surface area contributed by atoms with Gasteiger partial charge < -0.3 is 0 Å². The molecule has 6 heteroatoms. The van der Waals surface area contributed by atoms with Gasteiger partial charge in [0, 0.05) is 0 Å². The van der Waals surface area contributed by atoms with Gasteiger partial charge in [-0.2, -0.15) is 0 Å². The molecular weight excluding hydrogens is 231 g/mol. The minimum absolute atomic E-state index is 0. The van der Waals surface area contributed by atoms with Crippen molar-refractivity contribution < 1.29 is 43.9 Å². The van der Waals surface area contributed by atoms with Crippen molar-refractivity contribution in [3.05, 3.63) is 12.2 Å². The summed E-state index contributed by atoms with van der Waals surface area (Å²) in [5.41, 5.74) is -1.13. The fourth-order valence-electron chi connectivity index (χ4n) is 1.84. The number of imide groups is 2. The Morgan fingerprint density at radius 1 is 1.18 bits per heavy atom. The molecule has 1 rings (SSSR count). The summed E-state index contributed by atoms with van der Waals surface area (Å²) >= 11 is 0. The summed E-state index contributed by atoms with van der Waals surface area (Å²) in [6, 6.07) is -0.734. The van der Waals surface area contributed by atoms with Gasteiger partial charge in [-0.15, -0.1) is 0 Å². The first-order valence-corrected chi connectivity index (χ1v) is 5.35. The zero-order chi connectivity index (χ0) is 12.2. The van der Waals surface area contributed by atoms with E-state index in [0.29, 0.717) is 19.3 Å². The van der Waals surface area contributed by atoms with Gasteiger partial charge >= 0.3 is 35.6 Å². The molecule has 0 unspecified atom stereocenters. The molecule has 0 atom stereocenters. The molecule has 17 heavy (non-hydrogen) atoms. The maximum atomic E-state index is 11.8. The second-order valence-electron chi connectivity index (χ2n) is 3.84. The molecule has 1 aliphatic rings. The molecule has 0 saturated carbocycles. The van der Waals surface area contributed by atoms with E-state index in [9.17, 15) is 14.4 Å². The minimum atomic E-state index is -1.13. The summed E-state index contributed by atoms with van der Waals surface area (Å²) in [4.78, 5) is 34.6. The van der Waals surface area contributed by atoms with E-state index in [2.05, 4.69) is 10.6 Å². The maximum absolute atomic E-state index is 11.8. The van der Waals surface area contributed by atoms with Crippen LogP contribution in [0.1, 0.15) is 33.1 Å². The first-order chi connectivity index (χ1) is 7.56. The van der Waals surface area contributed by atoms with Crippen molar-refractivity contribution in [3.8, 4) is 0 Å². The molecule has 1 saturated heterocycles. The van der Waals surface area contributed by atoms with Crippen molar-refractivity contribution in [2.24, 2.45) is 5.41 Å². The van der Waals surface area contributed by atoms with Gasteiger partial charge in [0.1, 0.15) is 5.41 Å². The molecule has 1 aliphatic heterocycles. The maximum Gasteiger partial charge on any atom is 1.00 e. The molecule has 2 N–H and O–H groups in total. The molecule has 88 valence electrons. The Kier molecular flexibility index (Phi) is 6.67. The third-order valence-electron chi connectivity index (χ3n) is 2.70. The van der Waals surface area contributed by atoms with Crippen LogP contribution in [0.5, 0.6) is 0 Å². The number of carbonyl (C=O) groups excluding carboxylic acids is 3.